The second kappa shape index (κ2) is 4.01. The van der Waals surface area contributed by atoms with Crippen molar-refractivity contribution in [2.24, 2.45) is 0 Å². The third kappa shape index (κ3) is 2.17. The first kappa shape index (κ1) is 8.93. The van der Waals surface area contributed by atoms with E-state index in [0.29, 0.717) is 11.3 Å². The predicted octanol–water partition coefficient (Wildman–Crippen LogP) is 0.711. The minimum atomic E-state index is -1.76. The Balaban J connectivity index is 2.82. The highest BCUT2D eigenvalue weighted by atomic mass is 32.2. The normalized spacial score (nSPS) is 12.1. The smallest absolute Gasteiger partial charge is 0.248 e. The summed E-state index contributed by atoms with van der Waals surface area (Å²) in [5, 5.41) is 0. The molecule has 1 aromatic rings. The Morgan fingerprint density at radius 3 is 2.42 bits per heavy atom. The summed E-state index contributed by atoms with van der Waals surface area (Å²) in [6.45, 7) is 1.95. The van der Waals surface area contributed by atoms with Gasteiger partial charge < -0.3 is 0 Å². The van der Waals surface area contributed by atoms with Crippen LogP contribution >= 0.6 is 0 Å². The number of hydrogen-bond acceptors (Lipinski definition) is 2. The Morgan fingerprint density at radius 1 is 1.33 bits per heavy atom. The van der Waals surface area contributed by atoms with Crippen LogP contribution in [0.15, 0.2) is 29.2 Å². The van der Waals surface area contributed by atoms with Gasteiger partial charge in [-0.3, -0.25) is 4.79 Å². The van der Waals surface area contributed by atoms with Crippen molar-refractivity contribution in [3.8, 4) is 0 Å². The van der Waals surface area contributed by atoms with Crippen LogP contribution in [-0.4, -0.2) is 6.41 Å². The lowest BCUT2D eigenvalue weighted by Crippen LogP contribution is -2.13. The molecular weight excluding hydrogens is 174 g/mol. The summed E-state index contributed by atoms with van der Waals surface area (Å²) in [6, 6.07) is 7.19. The van der Waals surface area contributed by atoms with E-state index in [4.69, 9.17) is 0 Å². The molecule has 1 unspecified atom stereocenters. The lowest BCUT2D eigenvalue weighted by atomic mass is 10.2. The SMILES string of the molecule is Cc1ccc([SH+](=O)NC=O)cc1. The van der Waals surface area contributed by atoms with Crippen LogP contribution in [0.25, 0.3) is 0 Å². The molecule has 0 aromatic heterocycles. The molecule has 0 spiro atoms. The molecule has 4 heteroatoms. The molecule has 0 aliphatic rings. The van der Waals surface area contributed by atoms with Crippen molar-refractivity contribution in [2.45, 2.75) is 11.8 Å². The van der Waals surface area contributed by atoms with Crippen molar-refractivity contribution in [2.75, 3.05) is 0 Å². The number of carbonyl (C=O) groups excluding carboxylic acids is 1. The molecule has 0 bridgehead atoms. The van der Waals surface area contributed by atoms with E-state index in [-0.39, 0.29) is 0 Å². The fourth-order valence-corrected chi connectivity index (χ4v) is 1.47. The van der Waals surface area contributed by atoms with Crippen LogP contribution < -0.4 is 4.72 Å². The molecule has 3 nitrogen and oxygen atoms in total. The van der Waals surface area contributed by atoms with Crippen LogP contribution in [-0.2, 0) is 20.0 Å². The topological polar surface area (TPSA) is 46.2 Å². The summed E-state index contributed by atoms with van der Waals surface area (Å²) in [4.78, 5) is 10.6. The third-order valence-electron chi connectivity index (χ3n) is 1.44. The predicted molar refractivity (Wildman–Crippen MR) is 48.1 cm³/mol. The molecular formula is C8H10NO2S+. The van der Waals surface area contributed by atoms with Crippen molar-refractivity contribution in [3.63, 3.8) is 0 Å². The summed E-state index contributed by atoms with van der Waals surface area (Å²) >= 11 is 0. The number of hydrogen-bond donors (Lipinski definition) is 1. The standard InChI is InChI=1S/C8H9NO2S/c1-7-2-4-8(5-3-7)12(11)9-6-10/h2-6H,1H3,(H,9,10,11)/p+1. The Hall–Kier alpha value is -1.16. The van der Waals surface area contributed by atoms with Gasteiger partial charge >= 0.3 is 0 Å². The maximum atomic E-state index is 11.2. The average Bonchev–Trinajstić information content (AvgIpc) is 2.06. The molecule has 1 N–H and O–H groups in total. The van der Waals surface area contributed by atoms with Crippen molar-refractivity contribution < 1.29 is 9.00 Å². The van der Waals surface area contributed by atoms with Gasteiger partial charge in [0.1, 0.15) is 0 Å². The average molecular weight is 184 g/mol. The maximum Gasteiger partial charge on any atom is 0.248 e. The first-order valence-corrected chi connectivity index (χ1v) is 4.74. The zero-order chi connectivity index (χ0) is 8.97. The molecule has 1 aromatic carbocycles. The zero-order valence-corrected chi connectivity index (χ0v) is 7.54. The van der Waals surface area contributed by atoms with Crippen molar-refractivity contribution in [1.82, 2.24) is 4.72 Å². The monoisotopic (exact) mass is 184 g/mol. The minimum Gasteiger partial charge on any atom is -0.275 e. The Labute approximate surface area is 73.4 Å². The van der Waals surface area contributed by atoms with Crippen LogP contribution in [0, 0.1) is 6.92 Å². The molecule has 0 aliphatic heterocycles. The lowest BCUT2D eigenvalue weighted by molar-refractivity contribution is -0.108. The molecule has 0 aliphatic carbocycles. The summed E-state index contributed by atoms with van der Waals surface area (Å²) in [7, 11) is -1.76. The lowest BCUT2D eigenvalue weighted by Gasteiger charge is -1.93. The van der Waals surface area contributed by atoms with Crippen molar-refractivity contribution in [1.29, 1.82) is 0 Å². The Morgan fingerprint density at radius 2 is 1.92 bits per heavy atom. The minimum absolute atomic E-state index is 0.443. The van der Waals surface area contributed by atoms with Gasteiger partial charge in [0.25, 0.3) is 0 Å². The first-order chi connectivity index (χ1) is 5.74. The zero-order valence-electron chi connectivity index (χ0n) is 6.65. The number of nitrogens with one attached hydrogen (secondary N) is 1. The number of carbonyl (C=O) groups is 1. The molecule has 0 radical (unpaired) electrons. The molecule has 0 saturated heterocycles. The molecule has 12 heavy (non-hydrogen) atoms. The summed E-state index contributed by atoms with van der Waals surface area (Å²) in [5.41, 5.74) is 1.10. The van der Waals surface area contributed by atoms with E-state index < -0.39 is 11.0 Å². The number of rotatable bonds is 3. The van der Waals surface area contributed by atoms with Gasteiger partial charge in [-0.15, -0.1) is 0 Å². The number of benzene rings is 1. The largest absolute Gasteiger partial charge is 0.275 e. The fourth-order valence-electron chi connectivity index (χ4n) is 0.803. The molecule has 0 fully saturated rings. The van der Waals surface area contributed by atoms with E-state index in [9.17, 15) is 9.00 Å². The van der Waals surface area contributed by atoms with E-state index in [1.54, 1.807) is 12.1 Å². The van der Waals surface area contributed by atoms with Crippen molar-refractivity contribution in [3.05, 3.63) is 29.8 Å². The van der Waals surface area contributed by atoms with E-state index in [1.807, 2.05) is 19.1 Å². The van der Waals surface area contributed by atoms with Crippen molar-refractivity contribution >= 4 is 17.4 Å². The highest BCUT2D eigenvalue weighted by Crippen LogP contribution is 2.05. The third-order valence-corrected chi connectivity index (χ3v) is 2.55. The highest BCUT2D eigenvalue weighted by Gasteiger charge is 2.06. The van der Waals surface area contributed by atoms with Crippen LogP contribution in [0.3, 0.4) is 0 Å². The fraction of sp³-hybridized carbons (Fsp3) is 0.125. The summed E-state index contributed by atoms with van der Waals surface area (Å²) < 4.78 is 13.4. The first-order valence-electron chi connectivity index (χ1n) is 3.48. The summed E-state index contributed by atoms with van der Waals surface area (Å²) in [5.74, 6) is 0. The van der Waals surface area contributed by atoms with Gasteiger partial charge in [-0.2, -0.15) is 4.72 Å². The molecule has 0 saturated carbocycles. The molecule has 1 atom stereocenters. The molecule has 1 amide bonds. The molecule has 64 valence electrons. The van der Waals surface area contributed by atoms with E-state index in [1.165, 1.54) is 0 Å². The molecule has 1 rings (SSSR count). The molecule has 0 heterocycles. The van der Waals surface area contributed by atoms with E-state index in [0.717, 1.165) is 5.56 Å². The second-order valence-electron chi connectivity index (χ2n) is 2.38. The van der Waals surface area contributed by atoms with Crippen LogP contribution in [0.5, 0.6) is 0 Å². The van der Waals surface area contributed by atoms with Gasteiger partial charge in [-0.1, -0.05) is 21.9 Å². The van der Waals surface area contributed by atoms with Gasteiger partial charge in [0.05, 0.1) is 0 Å². The maximum absolute atomic E-state index is 11.2. The summed E-state index contributed by atoms with van der Waals surface area (Å²) in [6.07, 6.45) is 0.443. The van der Waals surface area contributed by atoms with E-state index in [2.05, 4.69) is 4.72 Å². The van der Waals surface area contributed by atoms with Crippen LogP contribution in [0.2, 0.25) is 0 Å². The highest BCUT2D eigenvalue weighted by molar-refractivity contribution is 7.83. The van der Waals surface area contributed by atoms with Gasteiger partial charge in [0, 0.05) is 0 Å². The van der Waals surface area contributed by atoms with Gasteiger partial charge in [0.15, 0.2) is 15.9 Å². The number of amides is 1. The van der Waals surface area contributed by atoms with Gasteiger partial charge in [0.2, 0.25) is 6.41 Å². The second-order valence-corrected chi connectivity index (χ2v) is 3.74. The van der Waals surface area contributed by atoms with Crippen LogP contribution in [0.1, 0.15) is 5.56 Å². The number of aryl methyl sites for hydroxylation is 1. The van der Waals surface area contributed by atoms with Gasteiger partial charge in [-0.05, 0) is 19.1 Å². The van der Waals surface area contributed by atoms with Gasteiger partial charge in [-0.25, -0.2) is 0 Å². The van der Waals surface area contributed by atoms with Crippen LogP contribution in [0.4, 0.5) is 0 Å². The number of thiol groups is 1. The quantitative estimate of drug-likeness (QED) is 0.427. The Kier molecular flexibility index (Phi) is 2.99. The van der Waals surface area contributed by atoms with E-state index >= 15 is 0 Å². The Bertz CT molecular complexity index is 294.